The Bertz CT molecular complexity index is 742. The van der Waals surface area contributed by atoms with Crippen LogP contribution in [-0.4, -0.2) is 19.3 Å². The molecule has 0 spiro atoms. The molecule has 0 fully saturated rings. The summed E-state index contributed by atoms with van der Waals surface area (Å²) < 4.78 is 3.46. The zero-order chi connectivity index (χ0) is 13.2. The first-order valence-electron chi connectivity index (χ1n) is 6.23. The molecule has 0 atom stereocenters. The molecule has 3 aromatic rings. The topological polar surface area (TPSA) is 52.7 Å². The van der Waals surface area contributed by atoms with Crippen molar-refractivity contribution < 1.29 is 0 Å². The van der Waals surface area contributed by atoms with Crippen molar-refractivity contribution >= 4 is 21.6 Å². The van der Waals surface area contributed by atoms with Gasteiger partial charge in [0.2, 0.25) is 0 Å². The standard InChI is InChI=1S/C13H14N4OS/c1-2-10-8-11-12(19-10)14-9-16(13(11)18)6-7-17-5-3-4-15-17/h3-5,8-9H,2,6-7H2,1H3. The molecule has 3 rings (SSSR count). The van der Waals surface area contributed by atoms with E-state index in [1.54, 1.807) is 28.4 Å². The van der Waals surface area contributed by atoms with Crippen LogP contribution >= 0.6 is 11.3 Å². The third kappa shape index (κ3) is 2.31. The Balaban J connectivity index is 1.91. The van der Waals surface area contributed by atoms with Crippen LogP contribution in [0.5, 0.6) is 0 Å². The molecule has 6 heteroatoms. The van der Waals surface area contributed by atoms with E-state index in [1.165, 1.54) is 4.88 Å². The van der Waals surface area contributed by atoms with Gasteiger partial charge >= 0.3 is 0 Å². The van der Waals surface area contributed by atoms with E-state index in [0.29, 0.717) is 13.1 Å². The second-order valence-electron chi connectivity index (χ2n) is 4.30. The second kappa shape index (κ2) is 4.97. The maximum atomic E-state index is 12.3. The van der Waals surface area contributed by atoms with Crippen LogP contribution in [0.2, 0.25) is 0 Å². The van der Waals surface area contributed by atoms with E-state index in [0.717, 1.165) is 16.6 Å². The summed E-state index contributed by atoms with van der Waals surface area (Å²) in [6, 6.07) is 3.83. The van der Waals surface area contributed by atoms with Crippen molar-refractivity contribution in [1.82, 2.24) is 19.3 Å². The summed E-state index contributed by atoms with van der Waals surface area (Å²) in [6.45, 7) is 3.34. The van der Waals surface area contributed by atoms with Crippen LogP contribution in [0.25, 0.3) is 10.2 Å². The normalized spacial score (nSPS) is 11.2. The van der Waals surface area contributed by atoms with Crippen molar-refractivity contribution in [3.8, 4) is 0 Å². The van der Waals surface area contributed by atoms with Crippen LogP contribution in [0.4, 0.5) is 0 Å². The zero-order valence-electron chi connectivity index (χ0n) is 10.6. The van der Waals surface area contributed by atoms with Crippen LogP contribution in [-0.2, 0) is 19.5 Å². The highest BCUT2D eigenvalue weighted by atomic mass is 32.1. The Labute approximate surface area is 114 Å². The summed E-state index contributed by atoms with van der Waals surface area (Å²) in [5.74, 6) is 0. The van der Waals surface area contributed by atoms with Gasteiger partial charge in [-0.15, -0.1) is 11.3 Å². The van der Waals surface area contributed by atoms with Crippen molar-refractivity contribution in [3.05, 3.63) is 46.1 Å². The minimum Gasteiger partial charge on any atom is -0.297 e. The Hall–Kier alpha value is -1.95. The highest BCUT2D eigenvalue weighted by Crippen LogP contribution is 2.20. The molecule has 0 radical (unpaired) electrons. The van der Waals surface area contributed by atoms with Gasteiger partial charge in [-0.3, -0.25) is 14.0 Å². The molecule has 98 valence electrons. The number of thiophene rings is 1. The van der Waals surface area contributed by atoms with E-state index in [1.807, 2.05) is 23.0 Å². The van der Waals surface area contributed by atoms with E-state index in [2.05, 4.69) is 17.0 Å². The van der Waals surface area contributed by atoms with E-state index >= 15 is 0 Å². The molecule has 0 aliphatic heterocycles. The predicted octanol–water partition coefficient (Wildman–Crippen LogP) is 1.92. The van der Waals surface area contributed by atoms with Gasteiger partial charge in [0, 0.05) is 23.8 Å². The monoisotopic (exact) mass is 274 g/mol. The van der Waals surface area contributed by atoms with Crippen LogP contribution in [0, 0.1) is 0 Å². The van der Waals surface area contributed by atoms with E-state index in [4.69, 9.17) is 0 Å². The largest absolute Gasteiger partial charge is 0.297 e. The lowest BCUT2D eigenvalue weighted by Crippen LogP contribution is -2.22. The number of hydrogen-bond acceptors (Lipinski definition) is 4. The van der Waals surface area contributed by atoms with E-state index < -0.39 is 0 Å². The highest BCUT2D eigenvalue weighted by Gasteiger charge is 2.08. The summed E-state index contributed by atoms with van der Waals surface area (Å²) >= 11 is 1.59. The summed E-state index contributed by atoms with van der Waals surface area (Å²) in [4.78, 5) is 18.7. The quantitative estimate of drug-likeness (QED) is 0.730. The molecule has 0 amide bonds. The first-order valence-corrected chi connectivity index (χ1v) is 7.05. The number of aromatic nitrogens is 4. The predicted molar refractivity (Wildman–Crippen MR) is 75.5 cm³/mol. The average molecular weight is 274 g/mol. The van der Waals surface area contributed by atoms with E-state index in [-0.39, 0.29) is 5.56 Å². The van der Waals surface area contributed by atoms with Crippen molar-refractivity contribution in [1.29, 1.82) is 0 Å². The smallest absolute Gasteiger partial charge is 0.262 e. The van der Waals surface area contributed by atoms with Gasteiger partial charge in [-0.05, 0) is 18.6 Å². The average Bonchev–Trinajstić information content (AvgIpc) is 3.07. The third-order valence-corrected chi connectivity index (χ3v) is 4.23. The van der Waals surface area contributed by atoms with Crippen molar-refractivity contribution in [2.45, 2.75) is 26.4 Å². The maximum absolute atomic E-state index is 12.3. The minimum absolute atomic E-state index is 0.0353. The number of rotatable bonds is 4. The molecular weight excluding hydrogens is 260 g/mol. The first-order chi connectivity index (χ1) is 9.28. The van der Waals surface area contributed by atoms with Gasteiger partial charge < -0.3 is 0 Å². The van der Waals surface area contributed by atoms with E-state index in [9.17, 15) is 4.79 Å². The lowest BCUT2D eigenvalue weighted by Gasteiger charge is -2.05. The molecule has 3 heterocycles. The summed E-state index contributed by atoms with van der Waals surface area (Å²) in [5, 5.41) is 4.85. The van der Waals surface area contributed by atoms with Crippen molar-refractivity contribution in [3.63, 3.8) is 0 Å². The van der Waals surface area contributed by atoms with Crippen LogP contribution < -0.4 is 5.56 Å². The van der Waals surface area contributed by atoms with Gasteiger partial charge in [-0.1, -0.05) is 6.92 Å². The second-order valence-corrected chi connectivity index (χ2v) is 5.41. The van der Waals surface area contributed by atoms with Crippen molar-refractivity contribution in [2.75, 3.05) is 0 Å². The fraction of sp³-hybridized carbons (Fsp3) is 0.308. The van der Waals surface area contributed by atoms with Gasteiger partial charge in [0.25, 0.3) is 5.56 Å². The first kappa shape index (κ1) is 12.1. The Kier molecular flexibility index (Phi) is 3.16. The highest BCUT2D eigenvalue weighted by molar-refractivity contribution is 7.18. The van der Waals surface area contributed by atoms with Gasteiger partial charge in [0.1, 0.15) is 4.83 Å². The summed E-state index contributed by atoms with van der Waals surface area (Å²) in [6.07, 6.45) is 6.19. The molecular formula is C13H14N4OS. The number of hydrogen-bond donors (Lipinski definition) is 0. The molecule has 0 aliphatic carbocycles. The Morgan fingerprint density at radius 3 is 3.00 bits per heavy atom. The molecule has 3 aromatic heterocycles. The molecule has 0 aliphatic rings. The minimum atomic E-state index is 0.0353. The van der Waals surface area contributed by atoms with Crippen LogP contribution in [0.1, 0.15) is 11.8 Å². The lowest BCUT2D eigenvalue weighted by molar-refractivity contribution is 0.521. The SMILES string of the molecule is CCc1cc2c(=O)n(CCn3cccn3)cnc2s1. The zero-order valence-corrected chi connectivity index (χ0v) is 11.4. The molecule has 0 aromatic carbocycles. The van der Waals surface area contributed by atoms with Crippen LogP contribution in [0.3, 0.4) is 0 Å². The fourth-order valence-corrected chi connectivity index (χ4v) is 2.91. The Morgan fingerprint density at radius 1 is 1.37 bits per heavy atom. The van der Waals surface area contributed by atoms with Gasteiger partial charge in [0.05, 0.1) is 18.3 Å². The fourth-order valence-electron chi connectivity index (χ4n) is 1.99. The number of fused-ring (bicyclic) bond motifs is 1. The van der Waals surface area contributed by atoms with Crippen LogP contribution in [0.15, 0.2) is 35.6 Å². The molecule has 0 saturated carbocycles. The molecule has 0 N–H and O–H groups in total. The molecule has 0 saturated heterocycles. The lowest BCUT2D eigenvalue weighted by atomic mass is 10.3. The van der Waals surface area contributed by atoms with Crippen molar-refractivity contribution in [2.24, 2.45) is 0 Å². The van der Waals surface area contributed by atoms with Gasteiger partial charge in [-0.25, -0.2) is 4.98 Å². The third-order valence-electron chi connectivity index (χ3n) is 3.05. The molecule has 19 heavy (non-hydrogen) atoms. The van der Waals surface area contributed by atoms with Gasteiger partial charge in [0.15, 0.2) is 0 Å². The maximum Gasteiger partial charge on any atom is 0.262 e. The number of nitrogens with zero attached hydrogens (tertiary/aromatic N) is 4. The number of aryl methyl sites for hydroxylation is 3. The molecule has 0 unspecified atom stereocenters. The Morgan fingerprint density at radius 2 is 2.26 bits per heavy atom. The molecule has 5 nitrogen and oxygen atoms in total. The summed E-state index contributed by atoms with van der Waals surface area (Å²) in [5.41, 5.74) is 0.0353. The molecule has 0 bridgehead atoms. The van der Waals surface area contributed by atoms with Gasteiger partial charge in [-0.2, -0.15) is 5.10 Å². The summed E-state index contributed by atoms with van der Waals surface area (Å²) in [7, 11) is 0.